The second-order valence-electron chi connectivity index (χ2n) is 4.51. The Labute approximate surface area is 97.2 Å². The first-order valence-corrected chi connectivity index (χ1v) is 6.03. The topological polar surface area (TPSA) is 17.1 Å². The lowest BCUT2D eigenvalue weighted by Crippen LogP contribution is -1.98. The SMILES string of the molecule is CC(=O)c1ccc(C2CC=CCCC2)cc1. The first kappa shape index (κ1) is 11.1. The molecule has 1 unspecified atom stereocenters. The van der Waals surface area contributed by atoms with E-state index < -0.39 is 0 Å². The van der Waals surface area contributed by atoms with Crippen molar-refractivity contribution in [3.63, 3.8) is 0 Å². The molecule has 1 aromatic rings. The lowest BCUT2D eigenvalue weighted by molar-refractivity contribution is 0.101. The van der Waals surface area contributed by atoms with Gasteiger partial charge in [0, 0.05) is 5.56 Å². The second-order valence-corrected chi connectivity index (χ2v) is 4.51. The van der Waals surface area contributed by atoms with Crippen LogP contribution in [0.1, 0.15) is 54.4 Å². The molecular weight excluding hydrogens is 196 g/mol. The van der Waals surface area contributed by atoms with Crippen molar-refractivity contribution < 1.29 is 4.79 Å². The average Bonchev–Trinajstić information content (AvgIpc) is 2.57. The van der Waals surface area contributed by atoms with Gasteiger partial charge in [0.25, 0.3) is 0 Å². The van der Waals surface area contributed by atoms with Crippen molar-refractivity contribution in [2.24, 2.45) is 0 Å². The molecule has 1 aliphatic rings. The Morgan fingerprint density at radius 3 is 2.62 bits per heavy atom. The van der Waals surface area contributed by atoms with E-state index in [9.17, 15) is 4.79 Å². The Morgan fingerprint density at radius 1 is 1.19 bits per heavy atom. The van der Waals surface area contributed by atoms with Crippen LogP contribution in [0.3, 0.4) is 0 Å². The summed E-state index contributed by atoms with van der Waals surface area (Å²) >= 11 is 0. The molecule has 1 atom stereocenters. The molecule has 0 bridgehead atoms. The van der Waals surface area contributed by atoms with Crippen molar-refractivity contribution in [2.45, 2.75) is 38.5 Å². The molecule has 0 fully saturated rings. The molecule has 0 saturated carbocycles. The zero-order chi connectivity index (χ0) is 11.4. The van der Waals surface area contributed by atoms with Crippen LogP contribution < -0.4 is 0 Å². The van der Waals surface area contributed by atoms with Crippen LogP contribution in [-0.4, -0.2) is 5.78 Å². The third kappa shape index (κ3) is 2.60. The standard InChI is InChI=1S/C15H18O/c1-12(16)13-8-10-15(11-9-13)14-6-4-2-3-5-7-14/h2,4,8-11,14H,3,5-7H2,1H3. The summed E-state index contributed by atoms with van der Waals surface area (Å²) in [5.41, 5.74) is 2.18. The number of rotatable bonds is 2. The van der Waals surface area contributed by atoms with Gasteiger partial charge in [-0.1, -0.05) is 36.4 Å². The van der Waals surface area contributed by atoms with Crippen molar-refractivity contribution >= 4 is 5.78 Å². The molecule has 84 valence electrons. The van der Waals surface area contributed by atoms with E-state index >= 15 is 0 Å². The van der Waals surface area contributed by atoms with Gasteiger partial charge in [-0.3, -0.25) is 4.79 Å². The molecule has 0 heterocycles. The molecule has 2 rings (SSSR count). The van der Waals surface area contributed by atoms with Crippen LogP contribution in [0.5, 0.6) is 0 Å². The maximum absolute atomic E-state index is 11.2. The Balaban J connectivity index is 2.14. The molecule has 0 spiro atoms. The molecule has 1 nitrogen and oxygen atoms in total. The summed E-state index contributed by atoms with van der Waals surface area (Å²) in [6, 6.07) is 8.12. The Morgan fingerprint density at radius 2 is 1.94 bits per heavy atom. The maximum Gasteiger partial charge on any atom is 0.159 e. The summed E-state index contributed by atoms with van der Waals surface area (Å²) in [6.45, 7) is 1.61. The van der Waals surface area contributed by atoms with Crippen LogP contribution in [0.25, 0.3) is 0 Å². The summed E-state index contributed by atoms with van der Waals surface area (Å²) in [5, 5.41) is 0. The van der Waals surface area contributed by atoms with E-state index in [0.717, 1.165) is 12.0 Å². The maximum atomic E-state index is 11.2. The van der Waals surface area contributed by atoms with Crippen LogP contribution in [0, 0.1) is 0 Å². The van der Waals surface area contributed by atoms with E-state index in [1.54, 1.807) is 6.92 Å². The fraction of sp³-hybridized carbons (Fsp3) is 0.400. The van der Waals surface area contributed by atoms with Gasteiger partial charge in [0.1, 0.15) is 0 Å². The highest BCUT2D eigenvalue weighted by Crippen LogP contribution is 2.28. The van der Waals surface area contributed by atoms with Gasteiger partial charge in [0.15, 0.2) is 5.78 Å². The van der Waals surface area contributed by atoms with E-state index in [1.807, 2.05) is 12.1 Å². The fourth-order valence-corrected chi connectivity index (χ4v) is 2.27. The number of hydrogen-bond donors (Lipinski definition) is 0. The molecule has 0 aliphatic heterocycles. The number of benzene rings is 1. The number of carbonyl (C=O) groups is 1. The third-order valence-corrected chi connectivity index (χ3v) is 3.30. The van der Waals surface area contributed by atoms with Crippen LogP contribution >= 0.6 is 0 Å². The molecule has 1 aromatic carbocycles. The monoisotopic (exact) mass is 214 g/mol. The number of allylic oxidation sites excluding steroid dienone is 2. The van der Waals surface area contributed by atoms with Crippen LogP contribution in [-0.2, 0) is 0 Å². The smallest absolute Gasteiger partial charge is 0.159 e. The largest absolute Gasteiger partial charge is 0.295 e. The normalized spacial score (nSPS) is 20.4. The van der Waals surface area contributed by atoms with E-state index in [1.165, 1.54) is 24.8 Å². The van der Waals surface area contributed by atoms with Gasteiger partial charge in [-0.05, 0) is 44.1 Å². The first-order chi connectivity index (χ1) is 7.77. The fourth-order valence-electron chi connectivity index (χ4n) is 2.27. The molecule has 0 radical (unpaired) electrons. The highest BCUT2D eigenvalue weighted by molar-refractivity contribution is 5.94. The summed E-state index contributed by atoms with van der Waals surface area (Å²) in [7, 11) is 0. The summed E-state index contributed by atoms with van der Waals surface area (Å²) in [4.78, 5) is 11.2. The van der Waals surface area contributed by atoms with Gasteiger partial charge >= 0.3 is 0 Å². The molecule has 0 aromatic heterocycles. The quantitative estimate of drug-likeness (QED) is 0.535. The molecule has 0 amide bonds. The van der Waals surface area contributed by atoms with Crippen molar-refractivity contribution in [3.8, 4) is 0 Å². The predicted molar refractivity (Wildman–Crippen MR) is 66.8 cm³/mol. The molecule has 0 N–H and O–H groups in total. The van der Waals surface area contributed by atoms with Crippen LogP contribution in [0.2, 0.25) is 0 Å². The Bertz CT molecular complexity index is 386. The Hall–Kier alpha value is -1.37. The van der Waals surface area contributed by atoms with Gasteiger partial charge in [-0.2, -0.15) is 0 Å². The second kappa shape index (κ2) is 5.11. The highest BCUT2D eigenvalue weighted by Gasteiger charge is 2.11. The van der Waals surface area contributed by atoms with Crippen molar-refractivity contribution in [1.82, 2.24) is 0 Å². The zero-order valence-electron chi connectivity index (χ0n) is 9.78. The summed E-state index contributed by atoms with van der Waals surface area (Å²) in [6.07, 6.45) is 9.45. The zero-order valence-corrected chi connectivity index (χ0v) is 9.78. The molecule has 0 saturated heterocycles. The third-order valence-electron chi connectivity index (χ3n) is 3.30. The van der Waals surface area contributed by atoms with Crippen molar-refractivity contribution in [2.75, 3.05) is 0 Å². The molecule has 1 aliphatic carbocycles. The average molecular weight is 214 g/mol. The number of hydrogen-bond acceptors (Lipinski definition) is 1. The van der Waals surface area contributed by atoms with Crippen molar-refractivity contribution in [3.05, 3.63) is 47.5 Å². The predicted octanol–water partition coefficient (Wildman–Crippen LogP) is 4.10. The summed E-state index contributed by atoms with van der Waals surface area (Å²) < 4.78 is 0. The first-order valence-electron chi connectivity index (χ1n) is 6.03. The highest BCUT2D eigenvalue weighted by atomic mass is 16.1. The minimum atomic E-state index is 0.146. The minimum absolute atomic E-state index is 0.146. The number of Topliss-reactive ketones (excluding diaryl/α,β-unsaturated/α-hetero) is 1. The molecule has 16 heavy (non-hydrogen) atoms. The Kier molecular flexibility index (Phi) is 3.55. The van der Waals surface area contributed by atoms with E-state index in [-0.39, 0.29) is 5.78 Å². The van der Waals surface area contributed by atoms with Gasteiger partial charge in [0.2, 0.25) is 0 Å². The summed E-state index contributed by atoms with van der Waals surface area (Å²) in [5.74, 6) is 0.784. The van der Waals surface area contributed by atoms with Gasteiger partial charge < -0.3 is 0 Å². The molecular formula is C15H18O. The molecule has 1 heteroatoms. The van der Waals surface area contributed by atoms with Gasteiger partial charge in [-0.15, -0.1) is 0 Å². The minimum Gasteiger partial charge on any atom is -0.295 e. The number of carbonyl (C=O) groups excluding carboxylic acids is 1. The number of ketones is 1. The van der Waals surface area contributed by atoms with Crippen molar-refractivity contribution in [1.29, 1.82) is 0 Å². The lowest BCUT2D eigenvalue weighted by atomic mass is 9.91. The lowest BCUT2D eigenvalue weighted by Gasteiger charge is -2.13. The van der Waals surface area contributed by atoms with E-state index in [2.05, 4.69) is 24.3 Å². The van der Waals surface area contributed by atoms with Gasteiger partial charge in [0.05, 0.1) is 0 Å². The van der Waals surface area contributed by atoms with Gasteiger partial charge in [-0.25, -0.2) is 0 Å². The van der Waals surface area contributed by atoms with E-state index in [0.29, 0.717) is 5.92 Å². The van der Waals surface area contributed by atoms with E-state index in [4.69, 9.17) is 0 Å². The van der Waals surface area contributed by atoms with Crippen LogP contribution in [0.15, 0.2) is 36.4 Å². The van der Waals surface area contributed by atoms with Crippen LogP contribution in [0.4, 0.5) is 0 Å².